The number of aliphatic hydroxyl groups is 1. The fourth-order valence-electron chi connectivity index (χ4n) is 1.65. The number of rotatable bonds is 4. The lowest BCUT2D eigenvalue weighted by Gasteiger charge is -2.02. The molecule has 1 aromatic heterocycles. The van der Waals surface area contributed by atoms with Crippen molar-refractivity contribution in [3.05, 3.63) is 57.5 Å². The molecule has 0 atom stereocenters. The van der Waals surface area contributed by atoms with Crippen molar-refractivity contribution in [3.63, 3.8) is 0 Å². The molecule has 0 radical (unpaired) electrons. The summed E-state index contributed by atoms with van der Waals surface area (Å²) in [4.78, 5) is 1.25. The molecule has 0 aliphatic rings. The van der Waals surface area contributed by atoms with E-state index in [2.05, 4.69) is 0 Å². The van der Waals surface area contributed by atoms with Gasteiger partial charge < -0.3 is 5.11 Å². The molecule has 0 unspecified atom stereocenters. The quantitative estimate of drug-likeness (QED) is 0.865. The Morgan fingerprint density at radius 3 is 2.56 bits per heavy atom. The first kappa shape index (κ1) is 11.3. The van der Waals surface area contributed by atoms with Crippen molar-refractivity contribution >= 4 is 11.3 Å². The number of halogens is 1. The maximum atomic E-state index is 12.7. The van der Waals surface area contributed by atoms with Crippen LogP contribution in [0.25, 0.3) is 0 Å². The Bertz CT molecular complexity index is 447. The van der Waals surface area contributed by atoms with E-state index in [1.54, 1.807) is 23.5 Å². The molecular weight excluding hydrogens is 223 g/mol. The smallest absolute Gasteiger partial charge is 0.123 e. The maximum Gasteiger partial charge on any atom is 0.123 e. The minimum absolute atomic E-state index is 0.174. The minimum atomic E-state index is -0.203. The molecule has 0 amide bonds. The van der Waals surface area contributed by atoms with Gasteiger partial charge >= 0.3 is 0 Å². The summed E-state index contributed by atoms with van der Waals surface area (Å²) in [6, 6.07) is 8.61. The summed E-state index contributed by atoms with van der Waals surface area (Å²) in [6.45, 7) is 0.174. The lowest BCUT2D eigenvalue weighted by molar-refractivity contribution is 0.299. The fourth-order valence-corrected chi connectivity index (χ4v) is 2.62. The van der Waals surface area contributed by atoms with Crippen LogP contribution in [0.3, 0.4) is 0 Å². The van der Waals surface area contributed by atoms with Gasteiger partial charge in [-0.05, 0) is 41.1 Å². The third-order valence-electron chi connectivity index (χ3n) is 2.50. The molecule has 0 saturated heterocycles. The molecule has 84 valence electrons. The van der Waals surface area contributed by atoms with Gasteiger partial charge in [0.1, 0.15) is 5.82 Å². The normalized spacial score (nSPS) is 10.6. The number of benzene rings is 1. The Balaban J connectivity index is 2.13. The van der Waals surface area contributed by atoms with Crippen molar-refractivity contribution in [1.29, 1.82) is 0 Å². The van der Waals surface area contributed by atoms with E-state index in [4.69, 9.17) is 5.11 Å². The third-order valence-corrected chi connectivity index (χ3v) is 3.46. The first-order valence-electron chi connectivity index (χ1n) is 5.20. The molecule has 0 fully saturated rings. The molecule has 0 saturated carbocycles. The highest BCUT2D eigenvalue weighted by atomic mass is 32.1. The second-order valence-electron chi connectivity index (χ2n) is 3.65. The molecule has 2 rings (SSSR count). The SMILES string of the molecule is OCCc1ccsc1Cc1ccc(F)cc1. The van der Waals surface area contributed by atoms with Gasteiger partial charge in [0.25, 0.3) is 0 Å². The van der Waals surface area contributed by atoms with Crippen LogP contribution in [-0.4, -0.2) is 11.7 Å². The standard InChI is InChI=1S/C13H13FOS/c14-12-3-1-10(2-4-12)9-13-11(5-7-15)6-8-16-13/h1-4,6,8,15H,5,7,9H2. The maximum absolute atomic E-state index is 12.7. The molecule has 1 heterocycles. The van der Waals surface area contributed by atoms with Crippen LogP contribution in [0.2, 0.25) is 0 Å². The molecule has 0 spiro atoms. The first-order valence-corrected chi connectivity index (χ1v) is 6.08. The van der Waals surface area contributed by atoms with Gasteiger partial charge in [-0.1, -0.05) is 12.1 Å². The van der Waals surface area contributed by atoms with E-state index in [9.17, 15) is 4.39 Å². The Morgan fingerprint density at radius 1 is 1.12 bits per heavy atom. The van der Waals surface area contributed by atoms with E-state index >= 15 is 0 Å². The molecule has 0 aliphatic carbocycles. The predicted octanol–water partition coefficient (Wildman–Crippen LogP) is 3.01. The molecule has 1 N–H and O–H groups in total. The van der Waals surface area contributed by atoms with Crippen LogP contribution in [0.1, 0.15) is 16.0 Å². The lowest BCUT2D eigenvalue weighted by Crippen LogP contribution is -1.94. The minimum Gasteiger partial charge on any atom is -0.396 e. The van der Waals surface area contributed by atoms with Gasteiger partial charge in [0.05, 0.1) is 0 Å². The van der Waals surface area contributed by atoms with Gasteiger partial charge in [0, 0.05) is 17.9 Å². The van der Waals surface area contributed by atoms with Gasteiger partial charge in [-0.25, -0.2) is 4.39 Å². The van der Waals surface area contributed by atoms with E-state index in [0.717, 1.165) is 12.0 Å². The van der Waals surface area contributed by atoms with E-state index in [0.29, 0.717) is 6.42 Å². The highest BCUT2D eigenvalue weighted by Crippen LogP contribution is 2.21. The van der Waals surface area contributed by atoms with Crippen molar-refractivity contribution in [2.45, 2.75) is 12.8 Å². The van der Waals surface area contributed by atoms with Gasteiger partial charge in [0.15, 0.2) is 0 Å². The van der Waals surface area contributed by atoms with E-state index in [-0.39, 0.29) is 12.4 Å². The second kappa shape index (κ2) is 5.23. The van der Waals surface area contributed by atoms with Crippen LogP contribution >= 0.6 is 11.3 Å². The molecule has 16 heavy (non-hydrogen) atoms. The molecule has 0 bridgehead atoms. The number of hydrogen-bond acceptors (Lipinski definition) is 2. The van der Waals surface area contributed by atoms with Crippen LogP contribution in [0.5, 0.6) is 0 Å². The van der Waals surface area contributed by atoms with E-state index in [1.165, 1.54) is 22.6 Å². The summed E-state index contributed by atoms with van der Waals surface area (Å²) in [5, 5.41) is 11.0. The van der Waals surface area contributed by atoms with Crippen molar-refractivity contribution in [2.75, 3.05) is 6.61 Å². The van der Waals surface area contributed by atoms with Crippen molar-refractivity contribution in [1.82, 2.24) is 0 Å². The number of hydrogen-bond donors (Lipinski definition) is 1. The Labute approximate surface area is 98.2 Å². The van der Waals surface area contributed by atoms with Gasteiger partial charge in [-0.2, -0.15) is 0 Å². The summed E-state index contributed by atoms with van der Waals surface area (Å²) in [5.41, 5.74) is 2.29. The van der Waals surface area contributed by atoms with Crippen LogP contribution < -0.4 is 0 Å². The van der Waals surface area contributed by atoms with E-state index < -0.39 is 0 Å². The average Bonchev–Trinajstić information content (AvgIpc) is 2.70. The van der Waals surface area contributed by atoms with Gasteiger partial charge in [-0.15, -0.1) is 11.3 Å². The summed E-state index contributed by atoms with van der Waals surface area (Å²) in [5.74, 6) is -0.203. The molecular formula is C13H13FOS. The molecule has 3 heteroatoms. The Morgan fingerprint density at radius 2 is 1.88 bits per heavy atom. The summed E-state index contributed by atoms with van der Waals surface area (Å²) in [7, 11) is 0. The van der Waals surface area contributed by atoms with Crippen LogP contribution in [0, 0.1) is 5.82 Å². The van der Waals surface area contributed by atoms with E-state index in [1.807, 2.05) is 11.4 Å². The summed E-state index contributed by atoms with van der Waals surface area (Å²) < 4.78 is 12.7. The molecule has 2 aromatic rings. The highest BCUT2D eigenvalue weighted by Gasteiger charge is 2.04. The Kier molecular flexibility index (Phi) is 3.70. The molecule has 0 aliphatic heterocycles. The zero-order valence-corrected chi connectivity index (χ0v) is 9.64. The zero-order chi connectivity index (χ0) is 11.4. The van der Waals surface area contributed by atoms with Crippen LogP contribution in [0.15, 0.2) is 35.7 Å². The van der Waals surface area contributed by atoms with Crippen LogP contribution in [0.4, 0.5) is 4.39 Å². The molecule has 1 nitrogen and oxygen atoms in total. The predicted molar refractivity (Wildman–Crippen MR) is 64.3 cm³/mol. The first-order chi connectivity index (χ1) is 7.79. The second-order valence-corrected chi connectivity index (χ2v) is 4.65. The number of aliphatic hydroxyl groups excluding tert-OH is 1. The van der Waals surface area contributed by atoms with Gasteiger partial charge in [0.2, 0.25) is 0 Å². The molecule has 1 aromatic carbocycles. The third kappa shape index (κ3) is 2.68. The average molecular weight is 236 g/mol. The van der Waals surface area contributed by atoms with Gasteiger partial charge in [-0.3, -0.25) is 0 Å². The fraction of sp³-hybridized carbons (Fsp3) is 0.231. The summed E-state index contributed by atoms with van der Waals surface area (Å²) >= 11 is 1.68. The summed E-state index contributed by atoms with van der Waals surface area (Å²) in [6.07, 6.45) is 1.51. The largest absolute Gasteiger partial charge is 0.396 e. The van der Waals surface area contributed by atoms with Crippen molar-refractivity contribution < 1.29 is 9.50 Å². The zero-order valence-electron chi connectivity index (χ0n) is 8.82. The van der Waals surface area contributed by atoms with Crippen molar-refractivity contribution in [3.8, 4) is 0 Å². The van der Waals surface area contributed by atoms with Crippen molar-refractivity contribution in [2.24, 2.45) is 0 Å². The number of thiophene rings is 1. The van der Waals surface area contributed by atoms with Crippen LogP contribution in [-0.2, 0) is 12.8 Å². The highest BCUT2D eigenvalue weighted by molar-refractivity contribution is 7.10. The Hall–Kier alpha value is -1.19. The topological polar surface area (TPSA) is 20.2 Å². The monoisotopic (exact) mass is 236 g/mol. The lowest BCUT2D eigenvalue weighted by atomic mass is 10.1.